The van der Waals surface area contributed by atoms with Crippen LogP contribution in [-0.4, -0.2) is 53.1 Å². The zero-order valence-corrected chi connectivity index (χ0v) is 14.6. The van der Waals surface area contributed by atoms with Crippen LogP contribution in [0.1, 0.15) is 39.4 Å². The lowest BCUT2D eigenvalue weighted by Gasteiger charge is -2.18. The predicted octanol–water partition coefficient (Wildman–Crippen LogP) is 1.21. The van der Waals surface area contributed by atoms with E-state index in [1.54, 1.807) is 6.33 Å². The minimum absolute atomic E-state index is 0.405. The van der Waals surface area contributed by atoms with E-state index in [0.717, 1.165) is 63.9 Å². The molecule has 0 amide bonds. The topological polar surface area (TPSA) is 76.4 Å². The van der Waals surface area contributed by atoms with Crippen LogP contribution in [0.3, 0.4) is 0 Å². The van der Waals surface area contributed by atoms with E-state index < -0.39 is 0 Å². The summed E-state index contributed by atoms with van der Waals surface area (Å²) in [6.07, 6.45) is 4.86. The van der Waals surface area contributed by atoms with Gasteiger partial charge >= 0.3 is 0 Å². The van der Waals surface area contributed by atoms with Crippen molar-refractivity contribution in [2.24, 2.45) is 10.9 Å². The Morgan fingerprint density at radius 1 is 1.52 bits per heavy atom. The number of ether oxygens (including phenoxy) is 1. The first-order valence-corrected chi connectivity index (χ1v) is 8.72. The molecule has 130 valence electrons. The van der Waals surface area contributed by atoms with Gasteiger partial charge in [-0.15, -0.1) is 10.2 Å². The second-order valence-electron chi connectivity index (χ2n) is 6.09. The van der Waals surface area contributed by atoms with Crippen LogP contribution in [0.4, 0.5) is 0 Å². The lowest BCUT2D eigenvalue weighted by atomic mass is 10.1. The van der Waals surface area contributed by atoms with Crippen molar-refractivity contribution in [2.45, 2.75) is 52.6 Å². The normalized spacial score (nSPS) is 19.8. The SMILES string of the molecule is CCc1nncn1CCNC(=NCC1CCOC1)NC(C)CC. The van der Waals surface area contributed by atoms with Crippen LogP contribution in [0.5, 0.6) is 0 Å². The van der Waals surface area contributed by atoms with Crippen LogP contribution in [-0.2, 0) is 17.7 Å². The number of hydrogen-bond donors (Lipinski definition) is 2. The quantitative estimate of drug-likeness (QED) is 0.556. The van der Waals surface area contributed by atoms with Gasteiger partial charge in [0.25, 0.3) is 0 Å². The molecule has 1 aromatic heterocycles. The highest BCUT2D eigenvalue weighted by Crippen LogP contribution is 2.12. The first-order chi connectivity index (χ1) is 11.2. The molecule has 0 saturated carbocycles. The summed E-state index contributed by atoms with van der Waals surface area (Å²) in [5.74, 6) is 2.45. The van der Waals surface area contributed by atoms with Crippen LogP contribution in [0.15, 0.2) is 11.3 Å². The molecule has 1 aromatic rings. The maximum Gasteiger partial charge on any atom is 0.191 e. The maximum absolute atomic E-state index is 5.42. The van der Waals surface area contributed by atoms with E-state index in [1.807, 2.05) is 0 Å². The van der Waals surface area contributed by atoms with Gasteiger partial charge in [0.05, 0.1) is 6.61 Å². The van der Waals surface area contributed by atoms with Gasteiger partial charge in [-0.05, 0) is 19.8 Å². The highest BCUT2D eigenvalue weighted by Gasteiger charge is 2.15. The Hall–Kier alpha value is -1.63. The van der Waals surface area contributed by atoms with Crippen LogP contribution in [0.25, 0.3) is 0 Å². The summed E-state index contributed by atoms with van der Waals surface area (Å²) in [6.45, 7) is 10.6. The average Bonchev–Trinajstić information content (AvgIpc) is 3.23. The van der Waals surface area contributed by atoms with Gasteiger partial charge in [0.15, 0.2) is 5.96 Å². The van der Waals surface area contributed by atoms with E-state index in [2.05, 4.69) is 46.2 Å². The van der Waals surface area contributed by atoms with Crippen molar-refractivity contribution in [2.75, 3.05) is 26.3 Å². The molecule has 0 aromatic carbocycles. The molecule has 2 N–H and O–H groups in total. The molecule has 1 saturated heterocycles. The standard InChI is InChI=1S/C16H30N6O/c1-4-13(3)20-16(18-10-14-6-9-23-11-14)17-7-8-22-12-19-21-15(22)5-2/h12-14H,4-11H2,1-3H3,(H2,17,18,20). The molecule has 0 aliphatic carbocycles. The van der Waals surface area contributed by atoms with E-state index in [1.165, 1.54) is 0 Å². The third-order valence-electron chi connectivity index (χ3n) is 4.18. The molecule has 1 fully saturated rings. The van der Waals surface area contributed by atoms with E-state index in [4.69, 9.17) is 9.73 Å². The Kier molecular flexibility index (Phi) is 7.32. The van der Waals surface area contributed by atoms with Crippen LogP contribution >= 0.6 is 0 Å². The molecule has 2 atom stereocenters. The van der Waals surface area contributed by atoms with Crippen molar-refractivity contribution < 1.29 is 4.74 Å². The third kappa shape index (κ3) is 5.82. The van der Waals surface area contributed by atoms with Crippen molar-refractivity contribution in [3.8, 4) is 0 Å². The lowest BCUT2D eigenvalue weighted by Crippen LogP contribution is -2.43. The molecular formula is C16H30N6O. The zero-order chi connectivity index (χ0) is 16.5. The molecule has 7 nitrogen and oxygen atoms in total. The van der Waals surface area contributed by atoms with Crippen molar-refractivity contribution in [1.82, 2.24) is 25.4 Å². The van der Waals surface area contributed by atoms with Gasteiger partial charge in [0.2, 0.25) is 0 Å². The van der Waals surface area contributed by atoms with E-state index in [9.17, 15) is 0 Å². The average molecular weight is 322 g/mol. The smallest absolute Gasteiger partial charge is 0.191 e. The summed E-state index contributed by atoms with van der Waals surface area (Å²) in [5.41, 5.74) is 0. The summed E-state index contributed by atoms with van der Waals surface area (Å²) in [7, 11) is 0. The Labute approximate surface area is 138 Å². The van der Waals surface area contributed by atoms with E-state index >= 15 is 0 Å². The summed E-state index contributed by atoms with van der Waals surface area (Å²) in [6, 6.07) is 0.405. The summed E-state index contributed by atoms with van der Waals surface area (Å²) >= 11 is 0. The number of aliphatic imine (C=N–C) groups is 1. The molecule has 2 rings (SSSR count). The Morgan fingerprint density at radius 2 is 2.39 bits per heavy atom. The molecule has 1 aliphatic heterocycles. The van der Waals surface area contributed by atoms with Crippen molar-refractivity contribution >= 4 is 5.96 Å². The molecule has 1 aliphatic rings. The van der Waals surface area contributed by atoms with Gasteiger partial charge in [-0.25, -0.2) is 0 Å². The fourth-order valence-corrected chi connectivity index (χ4v) is 2.47. The fraction of sp³-hybridized carbons (Fsp3) is 0.812. The summed E-state index contributed by atoms with van der Waals surface area (Å²) < 4.78 is 7.50. The molecule has 2 unspecified atom stereocenters. The van der Waals surface area contributed by atoms with Gasteiger partial charge in [-0.2, -0.15) is 0 Å². The minimum atomic E-state index is 0.405. The largest absolute Gasteiger partial charge is 0.381 e. The molecule has 0 radical (unpaired) electrons. The molecule has 7 heteroatoms. The van der Waals surface area contributed by atoms with Crippen LogP contribution < -0.4 is 10.6 Å². The van der Waals surface area contributed by atoms with E-state index in [-0.39, 0.29) is 0 Å². The first kappa shape index (κ1) is 17.7. The fourth-order valence-electron chi connectivity index (χ4n) is 2.47. The number of guanidine groups is 1. The van der Waals surface area contributed by atoms with Crippen molar-refractivity contribution in [3.05, 3.63) is 12.2 Å². The van der Waals surface area contributed by atoms with Crippen LogP contribution in [0, 0.1) is 5.92 Å². The number of rotatable bonds is 8. The number of hydrogen-bond acceptors (Lipinski definition) is 4. The van der Waals surface area contributed by atoms with E-state index in [0.29, 0.717) is 12.0 Å². The number of nitrogens with zero attached hydrogens (tertiary/aromatic N) is 4. The first-order valence-electron chi connectivity index (χ1n) is 8.72. The van der Waals surface area contributed by atoms with Crippen molar-refractivity contribution in [1.29, 1.82) is 0 Å². The zero-order valence-electron chi connectivity index (χ0n) is 14.6. The highest BCUT2D eigenvalue weighted by atomic mass is 16.5. The molecule has 0 spiro atoms. The van der Waals surface area contributed by atoms with Crippen LogP contribution in [0.2, 0.25) is 0 Å². The Bertz CT molecular complexity index is 481. The van der Waals surface area contributed by atoms with Gasteiger partial charge in [-0.1, -0.05) is 13.8 Å². The summed E-state index contributed by atoms with van der Waals surface area (Å²) in [5, 5.41) is 15.0. The molecule has 23 heavy (non-hydrogen) atoms. The Balaban J connectivity index is 1.84. The second-order valence-corrected chi connectivity index (χ2v) is 6.09. The number of aromatic nitrogens is 3. The number of nitrogens with one attached hydrogen (secondary N) is 2. The van der Waals surface area contributed by atoms with Gasteiger partial charge in [0, 0.05) is 44.6 Å². The minimum Gasteiger partial charge on any atom is -0.381 e. The Morgan fingerprint density at radius 3 is 3.09 bits per heavy atom. The molecule has 2 heterocycles. The summed E-state index contributed by atoms with van der Waals surface area (Å²) in [4.78, 5) is 4.73. The van der Waals surface area contributed by atoms with Gasteiger partial charge in [0.1, 0.15) is 12.2 Å². The highest BCUT2D eigenvalue weighted by molar-refractivity contribution is 5.80. The second kappa shape index (κ2) is 9.50. The van der Waals surface area contributed by atoms with Gasteiger partial charge < -0.3 is 19.9 Å². The lowest BCUT2D eigenvalue weighted by molar-refractivity contribution is 0.187. The van der Waals surface area contributed by atoms with Gasteiger partial charge in [-0.3, -0.25) is 4.99 Å². The number of aryl methyl sites for hydroxylation is 1. The monoisotopic (exact) mass is 322 g/mol. The molecule has 0 bridgehead atoms. The third-order valence-corrected chi connectivity index (χ3v) is 4.18. The predicted molar refractivity (Wildman–Crippen MR) is 91.5 cm³/mol. The maximum atomic E-state index is 5.42. The molecular weight excluding hydrogens is 292 g/mol. The van der Waals surface area contributed by atoms with Crippen molar-refractivity contribution in [3.63, 3.8) is 0 Å².